The molecule has 0 N–H and O–H groups in total. The minimum Gasteiger partial charge on any atom is -0.306 e. The first-order valence-electron chi connectivity index (χ1n) is 6.99. The second-order valence-corrected chi connectivity index (χ2v) is 5.35. The van der Waals surface area contributed by atoms with E-state index in [0.717, 1.165) is 5.92 Å². The van der Waals surface area contributed by atoms with Gasteiger partial charge in [0.2, 0.25) is 0 Å². The molecule has 1 saturated carbocycles. The second-order valence-electron chi connectivity index (χ2n) is 5.35. The van der Waals surface area contributed by atoms with Crippen LogP contribution in [0.2, 0.25) is 0 Å². The van der Waals surface area contributed by atoms with Gasteiger partial charge in [-0.2, -0.15) is 0 Å². The summed E-state index contributed by atoms with van der Waals surface area (Å²) in [5.41, 5.74) is 2.69. The zero-order valence-corrected chi connectivity index (χ0v) is 10.8. The summed E-state index contributed by atoms with van der Waals surface area (Å²) < 4.78 is 2.07. The van der Waals surface area contributed by atoms with Crippen LogP contribution in [-0.4, -0.2) is 9.55 Å². The SMILES string of the molecule is c1cc(CC2CCCCC2)cc(-n2ccnc2)c1. The van der Waals surface area contributed by atoms with Crippen molar-refractivity contribution in [2.24, 2.45) is 5.92 Å². The zero-order valence-electron chi connectivity index (χ0n) is 10.8. The Morgan fingerprint density at radius 2 is 2.06 bits per heavy atom. The third-order valence-corrected chi connectivity index (χ3v) is 3.96. The van der Waals surface area contributed by atoms with Crippen LogP contribution in [0.25, 0.3) is 5.69 Å². The molecular weight excluding hydrogens is 220 g/mol. The van der Waals surface area contributed by atoms with E-state index in [-0.39, 0.29) is 0 Å². The van der Waals surface area contributed by atoms with Crippen LogP contribution >= 0.6 is 0 Å². The Morgan fingerprint density at radius 1 is 1.17 bits per heavy atom. The van der Waals surface area contributed by atoms with Crippen LogP contribution in [0.5, 0.6) is 0 Å². The molecule has 1 heterocycles. The van der Waals surface area contributed by atoms with Crippen molar-refractivity contribution in [1.29, 1.82) is 0 Å². The maximum Gasteiger partial charge on any atom is 0.0991 e. The Labute approximate surface area is 109 Å². The fraction of sp³-hybridized carbons (Fsp3) is 0.438. The van der Waals surface area contributed by atoms with E-state index in [9.17, 15) is 0 Å². The summed E-state index contributed by atoms with van der Waals surface area (Å²) in [4.78, 5) is 4.11. The van der Waals surface area contributed by atoms with Crippen molar-refractivity contribution >= 4 is 0 Å². The van der Waals surface area contributed by atoms with Crippen LogP contribution in [0.1, 0.15) is 37.7 Å². The van der Waals surface area contributed by atoms with Crippen LogP contribution in [0.3, 0.4) is 0 Å². The summed E-state index contributed by atoms with van der Waals surface area (Å²) >= 11 is 0. The Kier molecular flexibility index (Phi) is 3.44. The van der Waals surface area contributed by atoms with Gasteiger partial charge in [0.15, 0.2) is 0 Å². The first kappa shape index (κ1) is 11.5. The number of hydrogen-bond acceptors (Lipinski definition) is 1. The van der Waals surface area contributed by atoms with Gasteiger partial charge >= 0.3 is 0 Å². The Morgan fingerprint density at radius 3 is 2.83 bits per heavy atom. The lowest BCUT2D eigenvalue weighted by molar-refractivity contribution is 0.356. The van der Waals surface area contributed by atoms with Gasteiger partial charge in [0.25, 0.3) is 0 Å². The monoisotopic (exact) mass is 240 g/mol. The molecule has 0 aliphatic heterocycles. The molecule has 2 nitrogen and oxygen atoms in total. The van der Waals surface area contributed by atoms with Crippen LogP contribution in [-0.2, 0) is 6.42 Å². The third kappa shape index (κ3) is 2.63. The molecule has 2 heteroatoms. The van der Waals surface area contributed by atoms with E-state index >= 15 is 0 Å². The number of benzene rings is 1. The molecule has 0 amide bonds. The first-order chi connectivity index (χ1) is 8.92. The second kappa shape index (κ2) is 5.38. The Hall–Kier alpha value is -1.57. The van der Waals surface area contributed by atoms with Crippen LogP contribution < -0.4 is 0 Å². The highest BCUT2D eigenvalue weighted by molar-refractivity contribution is 5.36. The van der Waals surface area contributed by atoms with E-state index in [0.29, 0.717) is 0 Å². The summed E-state index contributed by atoms with van der Waals surface area (Å²) in [5, 5.41) is 0. The Balaban J connectivity index is 1.74. The number of nitrogens with zero attached hydrogens (tertiary/aromatic N) is 2. The molecule has 0 unspecified atom stereocenters. The normalized spacial score (nSPS) is 16.9. The first-order valence-corrected chi connectivity index (χ1v) is 6.99. The molecule has 18 heavy (non-hydrogen) atoms. The average Bonchev–Trinajstić information content (AvgIpc) is 2.94. The standard InChI is InChI=1S/C16H20N2/c1-2-5-14(6-3-1)11-15-7-4-8-16(12-15)18-10-9-17-13-18/h4,7-10,12-14H,1-3,5-6,11H2. The maximum atomic E-state index is 4.11. The van der Waals surface area contributed by atoms with Crippen molar-refractivity contribution in [2.75, 3.05) is 0 Å². The van der Waals surface area contributed by atoms with Gasteiger partial charge in [-0.05, 0) is 30.0 Å². The van der Waals surface area contributed by atoms with Crippen LogP contribution in [0.15, 0.2) is 43.0 Å². The molecule has 1 aliphatic rings. The van der Waals surface area contributed by atoms with Gasteiger partial charge in [0.1, 0.15) is 0 Å². The van der Waals surface area contributed by atoms with E-state index in [1.807, 2.05) is 18.7 Å². The molecule has 0 radical (unpaired) electrons. The molecule has 1 fully saturated rings. The van der Waals surface area contributed by atoms with Crippen LogP contribution in [0.4, 0.5) is 0 Å². The molecule has 0 bridgehead atoms. The van der Waals surface area contributed by atoms with Gasteiger partial charge in [-0.3, -0.25) is 0 Å². The molecule has 1 aromatic heterocycles. The van der Waals surface area contributed by atoms with Gasteiger partial charge in [-0.15, -0.1) is 0 Å². The van der Waals surface area contributed by atoms with Crippen molar-refractivity contribution in [1.82, 2.24) is 9.55 Å². The predicted octanol–water partition coefficient (Wildman–Crippen LogP) is 4.00. The molecule has 1 aromatic carbocycles. The maximum absolute atomic E-state index is 4.11. The van der Waals surface area contributed by atoms with Gasteiger partial charge in [-0.1, -0.05) is 44.2 Å². The highest BCUT2D eigenvalue weighted by atomic mass is 15.0. The summed E-state index contributed by atoms with van der Waals surface area (Å²) in [6, 6.07) is 8.87. The molecule has 2 aromatic rings. The number of hydrogen-bond donors (Lipinski definition) is 0. The number of imidazole rings is 1. The largest absolute Gasteiger partial charge is 0.306 e. The van der Waals surface area contributed by atoms with Crippen molar-refractivity contribution < 1.29 is 0 Å². The van der Waals surface area contributed by atoms with Crippen molar-refractivity contribution in [3.8, 4) is 5.69 Å². The van der Waals surface area contributed by atoms with Crippen molar-refractivity contribution in [3.05, 3.63) is 48.5 Å². The quantitative estimate of drug-likeness (QED) is 0.793. The van der Waals surface area contributed by atoms with Gasteiger partial charge < -0.3 is 4.57 Å². The minimum absolute atomic E-state index is 0.900. The molecule has 3 rings (SSSR count). The fourth-order valence-corrected chi connectivity index (χ4v) is 2.98. The molecule has 1 aliphatic carbocycles. The lowest BCUT2D eigenvalue weighted by Crippen LogP contribution is -2.09. The molecule has 94 valence electrons. The lowest BCUT2D eigenvalue weighted by Gasteiger charge is -2.21. The smallest absolute Gasteiger partial charge is 0.0991 e. The number of rotatable bonds is 3. The molecular formula is C16H20N2. The summed E-state index contributed by atoms with van der Waals surface area (Å²) in [5.74, 6) is 0.900. The van der Waals surface area contributed by atoms with Gasteiger partial charge in [0.05, 0.1) is 6.33 Å². The molecule has 0 spiro atoms. The van der Waals surface area contributed by atoms with Crippen molar-refractivity contribution in [2.45, 2.75) is 38.5 Å². The number of aromatic nitrogens is 2. The van der Waals surface area contributed by atoms with Gasteiger partial charge in [-0.25, -0.2) is 4.98 Å². The van der Waals surface area contributed by atoms with Gasteiger partial charge in [0, 0.05) is 18.1 Å². The average molecular weight is 240 g/mol. The molecule has 0 atom stereocenters. The Bertz CT molecular complexity index is 482. The zero-order chi connectivity index (χ0) is 12.2. The minimum atomic E-state index is 0.900. The van der Waals surface area contributed by atoms with E-state index in [1.165, 1.54) is 49.8 Å². The third-order valence-electron chi connectivity index (χ3n) is 3.96. The fourth-order valence-electron chi connectivity index (χ4n) is 2.98. The highest BCUT2D eigenvalue weighted by Gasteiger charge is 2.13. The van der Waals surface area contributed by atoms with E-state index in [4.69, 9.17) is 0 Å². The topological polar surface area (TPSA) is 17.8 Å². The summed E-state index contributed by atoms with van der Waals surface area (Å²) in [6.45, 7) is 0. The van der Waals surface area contributed by atoms with Crippen molar-refractivity contribution in [3.63, 3.8) is 0 Å². The van der Waals surface area contributed by atoms with E-state index in [1.54, 1.807) is 0 Å². The summed E-state index contributed by atoms with van der Waals surface area (Å²) in [6.07, 6.45) is 14.0. The molecule has 0 saturated heterocycles. The lowest BCUT2D eigenvalue weighted by atomic mass is 9.85. The highest BCUT2D eigenvalue weighted by Crippen LogP contribution is 2.27. The van der Waals surface area contributed by atoms with Crippen LogP contribution in [0, 0.1) is 5.92 Å². The van der Waals surface area contributed by atoms with E-state index in [2.05, 4.69) is 33.8 Å². The van der Waals surface area contributed by atoms with E-state index < -0.39 is 0 Å². The predicted molar refractivity (Wildman–Crippen MR) is 73.8 cm³/mol. The summed E-state index contributed by atoms with van der Waals surface area (Å²) in [7, 11) is 0.